The molecule has 6 heteroatoms. The van der Waals surface area contributed by atoms with Crippen LogP contribution in [0.2, 0.25) is 0 Å². The maximum absolute atomic E-state index is 11.5. The van der Waals surface area contributed by atoms with Crippen molar-refractivity contribution in [2.24, 2.45) is 0 Å². The molecule has 0 radical (unpaired) electrons. The molecule has 2 atom stereocenters. The summed E-state index contributed by atoms with van der Waals surface area (Å²) in [7, 11) is 0. The second-order valence-corrected chi connectivity index (χ2v) is 5.76. The number of carbonyl (C=O) groups is 1. The summed E-state index contributed by atoms with van der Waals surface area (Å²) in [5, 5.41) is 6.03. The van der Waals surface area contributed by atoms with E-state index in [-0.39, 0.29) is 12.1 Å². The second kappa shape index (κ2) is 7.67. The molecule has 0 bridgehead atoms. The zero-order valence-electron chi connectivity index (χ0n) is 12.3. The average Bonchev–Trinajstić information content (AvgIpc) is 2.33. The fraction of sp³-hybridized carbons (Fsp3) is 0.923. The van der Waals surface area contributed by atoms with E-state index in [1.807, 2.05) is 27.7 Å². The van der Waals surface area contributed by atoms with Crippen LogP contribution in [0.25, 0.3) is 0 Å². The van der Waals surface area contributed by atoms with Gasteiger partial charge in [-0.25, -0.2) is 4.79 Å². The van der Waals surface area contributed by atoms with Crippen molar-refractivity contribution in [2.45, 2.75) is 45.4 Å². The molecule has 1 fully saturated rings. The van der Waals surface area contributed by atoms with Crippen molar-refractivity contribution in [3.63, 3.8) is 0 Å². The van der Waals surface area contributed by atoms with Crippen molar-refractivity contribution in [1.29, 1.82) is 0 Å². The molecule has 0 aromatic rings. The van der Waals surface area contributed by atoms with E-state index < -0.39 is 11.7 Å². The Morgan fingerprint density at radius 3 is 2.74 bits per heavy atom. The van der Waals surface area contributed by atoms with Crippen LogP contribution in [-0.4, -0.2) is 56.8 Å². The summed E-state index contributed by atoms with van der Waals surface area (Å²) in [5.74, 6) is 0. The highest BCUT2D eigenvalue weighted by molar-refractivity contribution is 5.67. The van der Waals surface area contributed by atoms with Gasteiger partial charge in [0.1, 0.15) is 5.60 Å². The number of amides is 1. The van der Waals surface area contributed by atoms with Gasteiger partial charge in [0.15, 0.2) is 0 Å². The first-order chi connectivity index (χ1) is 8.87. The van der Waals surface area contributed by atoms with Crippen molar-refractivity contribution >= 4 is 6.09 Å². The Kier molecular flexibility index (Phi) is 6.54. The predicted molar refractivity (Wildman–Crippen MR) is 72.3 cm³/mol. The monoisotopic (exact) mass is 274 g/mol. The number of rotatable bonds is 5. The fourth-order valence-electron chi connectivity index (χ4n) is 1.61. The Morgan fingerprint density at radius 1 is 1.42 bits per heavy atom. The predicted octanol–water partition coefficient (Wildman–Crippen LogP) is 0.905. The van der Waals surface area contributed by atoms with E-state index in [4.69, 9.17) is 14.2 Å². The summed E-state index contributed by atoms with van der Waals surface area (Å²) in [5.41, 5.74) is -0.464. The highest BCUT2D eigenvalue weighted by Crippen LogP contribution is 2.06. The van der Waals surface area contributed by atoms with E-state index in [9.17, 15) is 4.79 Å². The highest BCUT2D eigenvalue weighted by Gasteiger charge is 2.17. The molecule has 1 aliphatic rings. The van der Waals surface area contributed by atoms with Gasteiger partial charge in [-0.3, -0.25) is 0 Å². The number of ether oxygens (including phenoxy) is 3. The Morgan fingerprint density at radius 2 is 2.16 bits per heavy atom. The Labute approximate surface area is 115 Å². The lowest BCUT2D eigenvalue weighted by Gasteiger charge is -2.25. The molecule has 112 valence electrons. The zero-order valence-corrected chi connectivity index (χ0v) is 12.3. The van der Waals surface area contributed by atoms with Crippen LogP contribution in [-0.2, 0) is 14.2 Å². The molecule has 0 saturated carbocycles. The maximum atomic E-state index is 11.5. The normalized spacial score (nSPS) is 21.8. The van der Waals surface area contributed by atoms with Gasteiger partial charge >= 0.3 is 6.09 Å². The molecule has 2 N–H and O–H groups in total. The van der Waals surface area contributed by atoms with Gasteiger partial charge in [-0.15, -0.1) is 0 Å². The molecule has 0 aliphatic carbocycles. The quantitative estimate of drug-likeness (QED) is 0.780. The molecule has 1 amide bonds. The van der Waals surface area contributed by atoms with Crippen molar-refractivity contribution in [2.75, 3.05) is 32.9 Å². The zero-order chi connectivity index (χ0) is 14.3. The molecular weight excluding hydrogens is 248 g/mol. The molecule has 1 heterocycles. The molecule has 0 aromatic heterocycles. The van der Waals surface area contributed by atoms with Crippen molar-refractivity contribution in [1.82, 2.24) is 10.6 Å². The number of hydrogen-bond donors (Lipinski definition) is 2. The summed E-state index contributed by atoms with van der Waals surface area (Å²) in [6.07, 6.45) is -0.295. The van der Waals surface area contributed by atoms with Gasteiger partial charge in [-0.1, -0.05) is 0 Å². The van der Waals surface area contributed by atoms with Gasteiger partial charge in [0.25, 0.3) is 0 Å². The summed E-state index contributed by atoms with van der Waals surface area (Å²) >= 11 is 0. The minimum atomic E-state index is -0.464. The van der Waals surface area contributed by atoms with Crippen LogP contribution < -0.4 is 10.6 Å². The van der Waals surface area contributed by atoms with Crippen LogP contribution in [0.1, 0.15) is 27.7 Å². The van der Waals surface area contributed by atoms with E-state index in [0.29, 0.717) is 26.4 Å². The van der Waals surface area contributed by atoms with Crippen LogP contribution in [0.4, 0.5) is 4.79 Å². The van der Waals surface area contributed by atoms with Crippen LogP contribution in [0.3, 0.4) is 0 Å². The van der Waals surface area contributed by atoms with Crippen molar-refractivity contribution in [3.8, 4) is 0 Å². The summed E-state index contributed by atoms with van der Waals surface area (Å²) in [6.45, 7) is 10.7. The molecule has 0 spiro atoms. The van der Waals surface area contributed by atoms with Crippen LogP contribution >= 0.6 is 0 Å². The van der Waals surface area contributed by atoms with Crippen LogP contribution in [0.5, 0.6) is 0 Å². The Bertz CT molecular complexity index is 272. The summed E-state index contributed by atoms with van der Waals surface area (Å²) in [6, 6.07) is 0.151. The van der Waals surface area contributed by atoms with E-state index >= 15 is 0 Å². The first kappa shape index (κ1) is 16.2. The minimum absolute atomic E-state index is 0.0951. The molecule has 2 unspecified atom stereocenters. The van der Waals surface area contributed by atoms with Crippen molar-refractivity contribution < 1.29 is 19.0 Å². The molecule has 1 aliphatic heterocycles. The molecular formula is C13H26N2O4. The lowest BCUT2D eigenvalue weighted by atomic mass is 10.2. The molecule has 0 aromatic carbocycles. The fourth-order valence-corrected chi connectivity index (χ4v) is 1.61. The van der Waals surface area contributed by atoms with Crippen LogP contribution in [0, 0.1) is 0 Å². The third kappa shape index (κ3) is 8.02. The number of nitrogens with one attached hydrogen (secondary N) is 2. The second-order valence-electron chi connectivity index (χ2n) is 5.76. The van der Waals surface area contributed by atoms with E-state index in [1.165, 1.54) is 0 Å². The van der Waals surface area contributed by atoms with Gasteiger partial charge in [0, 0.05) is 19.1 Å². The summed E-state index contributed by atoms with van der Waals surface area (Å²) in [4.78, 5) is 11.5. The first-order valence-corrected chi connectivity index (χ1v) is 6.76. The van der Waals surface area contributed by atoms with Gasteiger partial charge in [0.2, 0.25) is 0 Å². The number of carbonyl (C=O) groups excluding carboxylic acids is 1. The van der Waals surface area contributed by atoms with Gasteiger partial charge in [-0.05, 0) is 27.7 Å². The van der Waals surface area contributed by atoms with E-state index in [1.54, 1.807) is 0 Å². The lowest BCUT2D eigenvalue weighted by molar-refractivity contribution is -0.0869. The van der Waals surface area contributed by atoms with E-state index in [2.05, 4.69) is 10.6 Å². The molecule has 6 nitrogen and oxygen atoms in total. The van der Waals surface area contributed by atoms with Crippen molar-refractivity contribution in [3.05, 3.63) is 0 Å². The van der Waals surface area contributed by atoms with Gasteiger partial charge in [-0.2, -0.15) is 0 Å². The third-order valence-electron chi connectivity index (χ3n) is 2.53. The molecule has 1 saturated heterocycles. The standard InChI is InChI=1S/C13H26N2O4/c1-10(7-15-12(16)19-13(2,3)4)14-8-11-9-17-5-6-18-11/h10-11,14H,5-9H2,1-4H3,(H,15,16). The lowest BCUT2D eigenvalue weighted by Crippen LogP contribution is -2.45. The Balaban J connectivity index is 2.10. The van der Waals surface area contributed by atoms with Gasteiger partial charge < -0.3 is 24.8 Å². The first-order valence-electron chi connectivity index (χ1n) is 6.76. The minimum Gasteiger partial charge on any atom is -0.444 e. The largest absolute Gasteiger partial charge is 0.444 e. The number of hydrogen-bond acceptors (Lipinski definition) is 5. The summed E-state index contributed by atoms with van der Waals surface area (Å²) < 4.78 is 16.0. The Hall–Kier alpha value is -0.850. The topological polar surface area (TPSA) is 68.8 Å². The third-order valence-corrected chi connectivity index (χ3v) is 2.53. The van der Waals surface area contributed by atoms with Gasteiger partial charge in [0.05, 0.1) is 25.9 Å². The maximum Gasteiger partial charge on any atom is 0.407 e. The smallest absolute Gasteiger partial charge is 0.407 e. The van der Waals surface area contributed by atoms with E-state index in [0.717, 1.165) is 6.54 Å². The number of alkyl carbamates (subject to hydrolysis) is 1. The molecule has 19 heavy (non-hydrogen) atoms. The SMILES string of the molecule is CC(CNC(=O)OC(C)(C)C)NCC1COCCO1. The highest BCUT2D eigenvalue weighted by atomic mass is 16.6. The molecule has 1 rings (SSSR count). The van der Waals surface area contributed by atoms with Crippen LogP contribution in [0.15, 0.2) is 0 Å². The average molecular weight is 274 g/mol.